The number of nitrogens with zero attached hydrogens (tertiary/aromatic N) is 3. The van der Waals surface area contributed by atoms with Crippen LogP contribution in [-0.2, 0) is 17.5 Å². The fraction of sp³-hybridized carbons (Fsp3) is 0.296. The number of anilines is 1. The first-order valence-electron chi connectivity index (χ1n) is 11.9. The first-order chi connectivity index (χ1) is 18.3. The fourth-order valence-corrected chi connectivity index (χ4v) is 5.06. The molecule has 0 bridgehead atoms. The minimum atomic E-state index is -4.79. The molecule has 206 valence electrons. The third-order valence-corrected chi connectivity index (χ3v) is 7.34. The molecule has 4 rings (SSSR count). The van der Waals surface area contributed by atoms with Crippen LogP contribution >= 0.6 is 23.2 Å². The molecule has 3 aromatic rings. The maximum atomic E-state index is 14.2. The number of halogens is 6. The van der Waals surface area contributed by atoms with Crippen LogP contribution in [-0.4, -0.2) is 52.8 Å². The monoisotopic (exact) mass is 582 g/mol. The number of likely N-dealkylation sites (tertiary alicyclic amines) is 1. The number of nitrogens with one attached hydrogen (secondary N) is 1. The standard InChI is InChI=1S/C27H24Cl2F4N4O2/c1-15(38)35-25-11-18(7-8-34-25)26(39)37-13-19(17-4-6-21(28)22(29)10-17)24(14-37)36(2)12-16-3-5-20(23(30)9-16)27(31,32)33/h3-11,19,24H,12-14H2,1-2H3,(H,34,35,38)/t19-,24-/m1/s1. The summed E-state index contributed by atoms with van der Waals surface area (Å²) in [6.45, 7) is 2.06. The number of alkyl halides is 3. The molecule has 0 saturated carbocycles. The second-order valence-electron chi connectivity index (χ2n) is 9.40. The highest BCUT2D eigenvalue weighted by molar-refractivity contribution is 6.42. The van der Waals surface area contributed by atoms with Gasteiger partial charge in [0.05, 0.1) is 15.6 Å². The molecule has 1 aromatic heterocycles. The number of carbonyl (C=O) groups excluding carboxylic acids is 2. The van der Waals surface area contributed by atoms with E-state index in [9.17, 15) is 27.2 Å². The van der Waals surface area contributed by atoms with Gasteiger partial charge in [-0.25, -0.2) is 9.37 Å². The van der Waals surface area contributed by atoms with E-state index >= 15 is 0 Å². The first-order valence-corrected chi connectivity index (χ1v) is 12.6. The van der Waals surface area contributed by atoms with Crippen molar-refractivity contribution in [3.05, 3.63) is 92.8 Å². The maximum Gasteiger partial charge on any atom is 0.419 e. The second-order valence-corrected chi connectivity index (χ2v) is 10.2. The van der Waals surface area contributed by atoms with Gasteiger partial charge in [0, 0.05) is 50.3 Å². The third-order valence-electron chi connectivity index (χ3n) is 6.60. The molecule has 0 spiro atoms. The number of likely N-dealkylation sites (N-methyl/N-ethyl adjacent to an activating group) is 1. The summed E-state index contributed by atoms with van der Waals surface area (Å²) in [5.74, 6) is -1.94. The van der Waals surface area contributed by atoms with Crippen LogP contribution in [0.4, 0.5) is 23.4 Å². The van der Waals surface area contributed by atoms with E-state index in [-0.39, 0.29) is 42.7 Å². The smallest absolute Gasteiger partial charge is 0.336 e. The lowest BCUT2D eigenvalue weighted by atomic mass is 9.93. The highest BCUT2D eigenvalue weighted by atomic mass is 35.5. The number of aromatic nitrogens is 1. The number of hydrogen-bond acceptors (Lipinski definition) is 4. The first kappa shape index (κ1) is 28.8. The van der Waals surface area contributed by atoms with Crippen LogP contribution in [0.1, 0.15) is 39.9 Å². The largest absolute Gasteiger partial charge is 0.419 e. The predicted molar refractivity (Wildman–Crippen MR) is 140 cm³/mol. The van der Waals surface area contributed by atoms with E-state index < -0.39 is 17.6 Å². The minimum Gasteiger partial charge on any atom is -0.336 e. The summed E-state index contributed by atoms with van der Waals surface area (Å²) in [5, 5.41) is 3.27. The lowest BCUT2D eigenvalue weighted by Gasteiger charge is -2.29. The highest BCUT2D eigenvalue weighted by Crippen LogP contribution is 2.36. The fourth-order valence-electron chi connectivity index (χ4n) is 4.76. The van der Waals surface area contributed by atoms with Crippen molar-refractivity contribution in [2.24, 2.45) is 0 Å². The van der Waals surface area contributed by atoms with Crippen molar-refractivity contribution < 1.29 is 27.2 Å². The molecule has 0 aliphatic carbocycles. The number of pyridine rings is 1. The number of hydrogen-bond donors (Lipinski definition) is 1. The summed E-state index contributed by atoms with van der Waals surface area (Å²) in [6.07, 6.45) is -3.36. The van der Waals surface area contributed by atoms with Gasteiger partial charge < -0.3 is 10.2 Å². The molecule has 39 heavy (non-hydrogen) atoms. The SMILES string of the molecule is CC(=O)Nc1cc(C(=O)N2C[C@H](c3ccc(Cl)c(Cl)c3)[C@H](N(C)Cc3ccc(C(F)(F)F)c(F)c3)C2)ccn1. The van der Waals surface area contributed by atoms with Gasteiger partial charge in [-0.1, -0.05) is 35.3 Å². The van der Waals surface area contributed by atoms with Gasteiger partial charge in [0.1, 0.15) is 11.6 Å². The molecule has 2 aromatic carbocycles. The normalized spacial score (nSPS) is 17.5. The number of rotatable bonds is 6. The number of carbonyl (C=O) groups is 2. The van der Waals surface area contributed by atoms with Crippen molar-refractivity contribution in [2.45, 2.75) is 31.6 Å². The molecule has 1 saturated heterocycles. The van der Waals surface area contributed by atoms with Crippen molar-refractivity contribution in [2.75, 3.05) is 25.5 Å². The Hall–Kier alpha value is -3.21. The minimum absolute atomic E-state index is 0.140. The summed E-state index contributed by atoms with van der Waals surface area (Å²) < 4.78 is 53.2. The summed E-state index contributed by atoms with van der Waals surface area (Å²) in [4.78, 5) is 32.4. The molecule has 2 atom stereocenters. The van der Waals surface area contributed by atoms with Crippen molar-refractivity contribution in [1.29, 1.82) is 0 Å². The summed E-state index contributed by atoms with van der Waals surface area (Å²) in [6, 6.07) is 10.8. The van der Waals surface area contributed by atoms with E-state index in [4.69, 9.17) is 23.2 Å². The van der Waals surface area contributed by atoms with E-state index in [2.05, 4.69) is 10.3 Å². The number of amides is 2. The van der Waals surface area contributed by atoms with Gasteiger partial charge in [-0.05, 0) is 54.6 Å². The Bertz CT molecular complexity index is 1400. The topological polar surface area (TPSA) is 65.5 Å². The zero-order chi connectivity index (χ0) is 28.5. The third kappa shape index (κ3) is 6.69. The van der Waals surface area contributed by atoms with Crippen LogP contribution in [0.15, 0.2) is 54.7 Å². The van der Waals surface area contributed by atoms with Crippen molar-refractivity contribution in [3.8, 4) is 0 Å². The van der Waals surface area contributed by atoms with E-state index in [0.717, 1.165) is 17.7 Å². The molecule has 2 amide bonds. The molecule has 1 N–H and O–H groups in total. The highest BCUT2D eigenvalue weighted by Gasteiger charge is 2.39. The van der Waals surface area contributed by atoms with E-state index in [0.29, 0.717) is 27.7 Å². The summed E-state index contributed by atoms with van der Waals surface area (Å²) >= 11 is 12.4. The van der Waals surface area contributed by atoms with Gasteiger partial charge in [0.15, 0.2) is 0 Å². The molecule has 6 nitrogen and oxygen atoms in total. The molecule has 1 aliphatic rings. The van der Waals surface area contributed by atoms with Crippen LogP contribution in [0.3, 0.4) is 0 Å². The van der Waals surface area contributed by atoms with Crippen LogP contribution in [0.25, 0.3) is 0 Å². The average molecular weight is 583 g/mol. The Labute approximate surface area is 232 Å². The van der Waals surface area contributed by atoms with Crippen LogP contribution in [0.5, 0.6) is 0 Å². The molecular formula is C27H24Cl2F4N4O2. The van der Waals surface area contributed by atoms with E-state index in [1.807, 2.05) is 11.0 Å². The Kier molecular flexibility index (Phi) is 8.48. The molecule has 12 heteroatoms. The second kappa shape index (κ2) is 11.5. The molecule has 0 unspecified atom stereocenters. The van der Waals surface area contributed by atoms with Crippen molar-refractivity contribution in [1.82, 2.24) is 14.8 Å². The maximum absolute atomic E-state index is 14.2. The summed E-state index contributed by atoms with van der Waals surface area (Å²) in [7, 11) is 1.76. The van der Waals surface area contributed by atoms with Crippen LogP contribution in [0, 0.1) is 5.82 Å². The zero-order valence-corrected chi connectivity index (χ0v) is 22.4. The van der Waals surface area contributed by atoms with Crippen molar-refractivity contribution in [3.63, 3.8) is 0 Å². The van der Waals surface area contributed by atoms with Crippen LogP contribution < -0.4 is 5.32 Å². The zero-order valence-electron chi connectivity index (χ0n) is 20.9. The Morgan fingerprint density at radius 2 is 1.82 bits per heavy atom. The molecule has 1 fully saturated rings. The van der Waals surface area contributed by atoms with Gasteiger partial charge in [-0.2, -0.15) is 13.2 Å². The quantitative estimate of drug-likeness (QED) is 0.349. The van der Waals surface area contributed by atoms with Gasteiger partial charge in [0.25, 0.3) is 5.91 Å². The van der Waals surface area contributed by atoms with Gasteiger partial charge in [-0.15, -0.1) is 0 Å². The Morgan fingerprint density at radius 1 is 1.08 bits per heavy atom. The molecule has 1 aliphatic heterocycles. The van der Waals surface area contributed by atoms with E-state index in [1.54, 1.807) is 30.1 Å². The predicted octanol–water partition coefficient (Wildman–Crippen LogP) is 6.24. The Morgan fingerprint density at radius 3 is 2.46 bits per heavy atom. The van der Waals surface area contributed by atoms with Crippen molar-refractivity contribution >= 4 is 40.8 Å². The Balaban J connectivity index is 1.61. The van der Waals surface area contributed by atoms with Gasteiger partial charge in [-0.3, -0.25) is 14.5 Å². The lowest BCUT2D eigenvalue weighted by Crippen LogP contribution is -2.38. The molecular weight excluding hydrogens is 559 g/mol. The molecule has 2 heterocycles. The lowest BCUT2D eigenvalue weighted by molar-refractivity contribution is -0.140. The van der Waals surface area contributed by atoms with Gasteiger partial charge >= 0.3 is 6.18 Å². The van der Waals surface area contributed by atoms with E-state index in [1.165, 1.54) is 25.3 Å². The number of benzene rings is 2. The summed E-state index contributed by atoms with van der Waals surface area (Å²) in [5.41, 5.74) is 0.185. The molecule has 0 radical (unpaired) electrons. The van der Waals surface area contributed by atoms with Crippen LogP contribution in [0.2, 0.25) is 10.0 Å². The average Bonchev–Trinajstić information content (AvgIpc) is 3.30. The van der Waals surface area contributed by atoms with Gasteiger partial charge in [0.2, 0.25) is 5.91 Å².